The Kier molecular flexibility index (Phi) is 7.40. The van der Waals surface area contributed by atoms with Crippen LogP contribution in [0.25, 0.3) is 0 Å². The molecule has 0 saturated heterocycles. The number of anilines is 1. The van der Waals surface area contributed by atoms with Gasteiger partial charge in [-0.1, -0.05) is 41.9 Å². The zero-order valence-electron chi connectivity index (χ0n) is 21.0. The summed E-state index contributed by atoms with van der Waals surface area (Å²) in [6, 6.07) is 14.2. The van der Waals surface area contributed by atoms with Crippen LogP contribution in [0.5, 0.6) is 17.8 Å². The number of aliphatic carboxylic acids is 1. The number of hydrogen-bond acceptors (Lipinski definition) is 8. The minimum Gasteiger partial charge on any atom is -0.481 e. The first-order valence-corrected chi connectivity index (χ1v) is 11.8. The number of fused-ring (bicyclic) bond motifs is 1. The lowest BCUT2D eigenvalue weighted by Gasteiger charge is -2.45. The van der Waals surface area contributed by atoms with Gasteiger partial charge in [0.1, 0.15) is 12.1 Å². The molecular weight excluding hydrogens is 516 g/mol. The number of benzene rings is 2. The van der Waals surface area contributed by atoms with Crippen molar-refractivity contribution in [1.29, 1.82) is 0 Å². The number of carbonyl (C=O) groups excluding carboxylic acids is 2. The molecule has 1 aliphatic heterocycles. The lowest BCUT2D eigenvalue weighted by Crippen LogP contribution is -2.61. The van der Waals surface area contributed by atoms with E-state index in [2.05, 4.69) is 9.97 Å². The highest BCUT2D eigenvalue weighted by molar-refractivity contribution is 6.30. The SMILES string of the molecule is COc1cc(OC)nc(OC(C(=O)O)C2(c3ccccc3)c3cc(Cl)ccc3N(C)C(=O)CN2C(C)=O)n1. The van der Waals surface area contributed by atoms with Gasteiger partial charge in [-0.15, -0.1) is 0 Å². The number of aromatic nitrogens is 2. The number of nitrogens with zero attached hydrogens (tertiary/aromatic N) is 4. The number of methoxy groups -OCH3 is 2. The Balaban J connectivity index is 2.11. The van der Waals surface area contributed by atoms with Crippen molar-refractivity contribution in [3.05, 3.63) is 70.7 Å². The fourth-order valence-electron chi connectivity index (χ4n) is 4.61. The molecule has 2 heterocycles. The molecule has 2 atom stereocenters. The van der Waals surface area contributed by atoms with Crippen LogP contribution in [-0.2, 0) is 19.9 Å². The Hall–Kier alpha value is -4.38. The molecule has 2 amide bonds. The normalized spacial score (nSPS) is 17.8. The Morgan fingerprint density at radius 1 is 1.05 bits per heavy atom. The van der Waals surface area contributed by atoms with Crippen LogP contribution < -0.4 is 19.1 Å². The number of hydrogen-bond donors (Lipinski definition) is 1. The summed E-state index contributed by atoms with van der Waals surface area (Å²) < 4.78 is 16.4. The highest BCUT2D eigenvalue weighted by Crippen LogP contribution is 2.47. The average Bonchev–Trinajstić information content (AvgIpc) is 3.00. The Morgan fingerprint density at radius 2 is 1.68 bits per heavy atom. The van der Waals surface area contributed by atoms with Gasteiger partial charge in [-0.2, -0.15) is 9.97 Å². The minimum absolute atomic E-state index is 0.0624. The molecule has 2 aromatic carbocycles. The van der Waals surface area contributed by atoms with Crippen molar-refractivity contribution in [2.24, 2.45) is 0 Å². The molecule has 12 heteroatoms. The van der Waals surface area contributed by atoms with Gasteiger partial charge < -0.3 is 29.1 Å². The van der Waals surface area contributed by atoms with Gasteiger partial charge in [0, 0.05) is 30.2 Å². The lowest BCUT2D eigenvalue weighted by molar-refractivity contribution is -0.158. The monoisotopic (exact) mass is 540 g/mol. The smallest absolute Gasteiger partial charge is 0.348 e. The average molecular weight is 541 g/mol. The van der Waals surface area contributed by atoms with E-state index in [1.807, 2.05) is 0 Å². The summed E-state index contributed by atoms with van der Waals surface area (Å²) in [5, 5.41) is 10.9. The van der Waals surface area contributed by atoms with Gasteiger partial charge in [0.25, 0.3) is 0 Å². The molecule has 1 aliphatic rings. The van der Waals surface area contributed by atoms with Crippen molar-refractivity contribution >= 4 is 35.1 Å². The molecule has 198 valence electrons. The van der Waals surface area contributed by atoms with Crippen LogP contribution in [0, 0.1) is 0 Å². The van der Waals surface area contributed by atoms with Gasteiger partial charge in [-0.3, -0.25) is 9.59 Å². The van der Waals surface area contributed by atoms with Gasteiger partial charge >= 0.3 is 12.0 Å². The van der Waals surface area contributed by atoms with Crippen LogP contribution in [0.1, 0.15) is 18.1 Å². The van der Waals surface area contributed by atoms with Crippen molar-refractivity contribution in [1.82, 2.24) is 14.9 Å². The van der Waals surface area contributed by atoms with Gasteiger partial charge in [-0.25, -0.2) is 4.79 Å². The quantitative estimate of drug-likeness (QED) is 0.480. The van der Waals surface area contributed by atoms with Crippen LogP contribution in [0.3, 0.4) is 0 Å². The van der Waals surface area contributed by atoms with Gasteiger partial charge in [0.05, 0.1) is 20.3 Å². The molecule has 1 N–H and O–H groups in total. The molecule has 0 bridgehead atoms. The summed E-state index contributed by atoms with van der Waals surface area (Å²) in [6.45, 7) is 0.812. The summed E-state index contributed by atoms with van der Waals surface area (Å²) in [7, 11) is 4.28. The fraction of sp³-hybridized carbons (Fsp3) is 0.269. The third kappa shape index (κ3) is 4.56. The Bertz CT molecular complexity index is 1370. The molecule has 11 nitrogen and oxygen atoms in total. The molecule has 4 rings (SSSR count). The van der Waals surface area contributed by atoms with E-state index in [0.29, 0.717) is 11.3 Å². The second-order valence-electron chi connectivity index (χ2n) is 8.42. The maximum atomic E-state index is 13.3. The summed E-state index contributed by atoms with van der Waals surface area (Å²) in [5.74, 6) is -2.33. The molecular formula is C26H25ClN4O7. The van der Waals surface area contributed by atoms with Crippen molar-refractivity contribution in [2.75, 3.05) is 32.7 Å². The van der Waals surface area contributed by atoms with Crippen LogP contribution >= 0.6 is 11.6 Å². The zero-order chi connectivity index (χ0) is 27.6. The van der Waals surface area contributed by atoms with Crippen molar-refractivity contribution in [3.63, 3.8) is 0 Å². The molecule has 0 radical (unpaired) electrons. The molecule has 0 aliphatic carbocycles. The Morgan fingerprint density at radius 3 is 2.24 bits per heavy atom. The highest BCUT2D eigenvalue weighted by Gasteiger charge is 2.57. The summed E-state index contributed by atoms with van der Waals surface area (Å²) in [5.41, 5.74) is -0.906. The van der Waals surface area contributed by atoms with Crippen LogP contribution in [0.2, 0.25) is 5.02 Å². The number of rotatable bonds is 7. The van der Waals surface area contributed by atoms with Gasteiger partial charge in [-0.05, 0) is 23.8 Å². The number of likely N-dealkylation sites (N-methyl/N-ethyl adjacent to an activating group) is 1. The molecule has 0 saturated carbocycles. The molecule has 0 fully saturated rings. The van der Waals surface area contributed by atoms with E-state index in [9.17, 15) is 19.5 Å². The number of carboxylic acids is 1. The van der Waals surface area contributed by atoms with Crippen molar-refractivity contribution in [2.45, 2.75) is 18.6 Å². The van der Waals surface area contributed by atoms with E-state index in [1.165, 1.54) is 43.1 Å². The molecule has 1 aromatic heterocycles. The second-order valence-corrected chi connectivity index (χ2v) is 8.86. The van der Waals surface area contributed by atoms with Crippen LogP contribution in [0.4, 0.5) is 5.69 Å². The minimum atomic E-state index is -1.89. The number of amides is 2. The summed E-state index contributed by atoms with van der Waals surface area (Å²) in [4.78, 5) is 50.5. The first kappa shape index (κ1) is 26.7. The predicted molar refractivity (Wildman–Crippen MR) is 137 cm³/mol. The van der Waals surface area contributed by atoms with Crippen LogP contribution in [0.15, 0.2) is 54.6 Å². The van der Waals surface area contributed by atoms with Crippen molar-refractivity contribution in [3.8, 4) is 17.8 Å². The van der Waals surface area contributed by atoms with Crippen LogP contribution in [-0.4, -0.2) is 71.7 Å². The van der Waals surface area contributed by atoms with E-state index in [-0.39, 0.29) is 28.4 Å². The van der Waals surface area contributed by atoms with E-state index in [1.54, 1.807) is 49.5 Å². The van der Waals surface area contributed by atoms with Gasteiger partial charge in [0.2, 0.25) is 29.7 Å². The van der Waals surface area contributed by atoms with E-state index < -0.39 is 36.0 Å². The third-order valence-electron chi connectivity index (χ3n) is 6.32. The predicted octanol–water partition coefficient (Wildman–Crippen LogP) is 2.75. The number of carboxylic acid groups (broad SMARTS) is 1. The second kappa shape index (κ2) is 10.5. The largest absolute Gasteiger partial charge is 0.481 e. The standard InChI is InChI=1S/C26H25ClN4O7/c1-15(32)31-14-22(33)30(2)19-11-10-17(27)12-18(19)26(31,16-8-6-5-7-9-16)23(24(34)35)38-25-28-20(36-3)13-21(29-25)37-4/h5-13,23H,14H2,1-4H3,(H,34,35). The molecule has 3 aromatic rings. The number of carbonyl (C=O) groups is 3. The maximum absolute atomic E-state index is 13.3. The zero-order valence-corrected chi connectivity index (χ0v) is 21.8. The fourth-order valence-corrected chi connectivity index (χ4v) is 4.79. The molecule has 38 heavy (non-hydrogen) atoms. The number of halogens is 1. The summed E-state index contributed by atoms with van der Waals surface area (Å²) in [6.07, 6.45) is -1.86. The maximum Gasteiger partial charge on any atom is 0.348 e. The first-order valence-electron chi connectivity index (χ1n) is 11.4. The first-order chi connectivity index (χ1) is 18.1. The van der Waals surface area contributed by atoms with E-state index in [0.717, 1.165) is 0 Å². The third-order valence-corrected chi connectivity index (χ3v) is 6.56. The molecule has 0 spiro atoms. The van der Waals surface area contributed by atoms with E-state index in [4.69, 9.17) is 25.8 Å². The molecule has 2 unspecified atom stereocenters. The highest BCUT2D eigenvalue weighted by atomic mass is 35.5. The topological polar surface area (TPSA) is 131 Å². The van der Waals surface area contributed by atoms with Crippen molar-refractivity contribution < 1.29 is 33.7 Å². The van der Waals surface area contributed by atoms with E-state index >= 15 is 0 Å². The summed E-state index contributed by atoms with van der Waals surface area (Å²) >= 11 is 6.43. The van der Waals surface area contributed by atoms with Gasteiger partial charge in [0.15, 0.2) is 0 Å². The lowest BCUT2D eigenvalue weighted by atomic mass is 9.75. The number of ether oxygens (including phenoxy) is 3. The Labute approximate surface area is 223 Å².